The van der Waals surface area contributed by atoms with Gasteiger partial charge in [-0.25, -0.2) is 4.79 Å². The second kappa shape index (κ2) is 8.96. The largest absolute Gasteiger partial charge is 0.508 e. The lowest BCUT2D eigenvalue weighted by molar-refractivity contribution is -0.137. The number of phenolic OH excluding ortho intramolecular Hbond substituents is 1. The molecule has 0 spiro atoms. The van der Waals surface area contributed by atoms with Gasteiger partial charge in [0.15, 0.2) is 0 Å². The third kappa shape index (κ3) is 5.05. The zero-order chi connectivity index (χ0) is 20.7. The quantitative estimate of drug-likeness (QED) is 0.622. The van der Waals surface area contributed by atoms with Crippen LogP contribution >= 0.6 is 0 Å². The molecule has 0 saturated carbocycles. The van der Waals surface area contributed by atoms with Gasteiger partial charge in [0.2, 0.25) is 0 Å². The molecule has 0 bridgehead atoms. The number of hydrogen-bond donors (Lipinski definition) is 1. The zero-order valence-corrected chi connectivity index (χ0v) is 14.9. The fourth-order valence-electron chi connectivity index (χ4n) is 2.53. The van der Waals surface area contributed by atoms with Crippen molar-refractivity contribution in [2.45, 2.75) is 25.9 Å². The number of nitrogens with zero attached hydrogens (tertiary/aromatic N) is 1. The lowest BCUT2D eigenvalue weighted by Gasteiger charge is -2.10. The van der Waals surface area contributed by atoms with Crippen molar-refractivity contribution >= 4 is 5.97 Å². The van der Waals surface area contributed by atoms with Crippen molar-refractivity contribution in [2.75, 3.05) is 6.61 Å². The van der Waals surface area contributed by atoms with Crippen LogP contribution in [0.5, 0.6) is 5.75 Å². The zero-order valence-electron chi connectivity index (χ0n) is 14.9. The molecular weight excluding hydrogens is 371 g/mol. The van der Waals surface area contributed by atoms with E-state index in [2.05, 4.69) is 11.8 Å². The maximum atomic E-state index is 13.2. The van der Waals surface area contributed by atoms with Gasteiger partial charge in [-0.05, 0) is 43.2 Å². The number of aromatic hydroxyl groups is 1. The first kappa shape index (κ1) is 20.9. The molecule has 0 aliphatic carbocycles. The molecule has 2 aromatic carbocycles. The summed E-state index contributed by atoms with van der Waals surface area (Å²) in [6, 6.07) is 9.48. The summed E-state index contributed by atoms with van der Waals surface area (Å²) >= 11 is 0. The first-order valence-corrected chi connectivity index (χ1v) is 8.36. The van der Waals surface area contributed by atoms with Crippen LogP contribution in [0.25, 0.3) is 0 Å². The minimum absolute atomic E-state index is 0.122. The number of carbonyl (C=O) groups is 1. The van der Waals surface area contributed by atoms with Gasteiger partial charge in [0, 0.05) is 17.5 Å². The number of ether oxygens (including phenoxy) is 1. The van der Waals surface area contributed by atoms with Gasteiger partial charge in [0.1, 0.15) is 5.75 Å². The summed E-state index contributed by atoms with van der Waals surface area (Å²) in [6.07, 6.45) is -4.25. The van der Waals surface area contributed by atoms with E-state index >= 15 is 0 Å². The Morgan fingerprint density at radius 3 is 2.61 bits per heavy atom. The predicted octanol–water partition coefficient (Wildman–Crippen LogP) is 4.44. The summed E-state index contributed by atoms with van der Waals surface area (Å²) in [6.45, 7) is 1.76. The number of carbonyl (C=O) groups excluding carboxylic acids is 1. The van der Waals surface area contributed by atoms with Crippen LogP contribution in [0.2, 0.25) is 0 Å². The van der Waals surface area contributed by atoms with Gasteiger partial charge < -0.3 is 9.84 Å². The summed E-state index contributed by atoms with van der Waals surface area (Å²) in [7, 11) is 0. The van der Waals surface area contributed by atoms with Crippen LogP contribution in [-0.2, 0) is 17.3 Å². The van der Waals surface area contributed by atoms with E-state index in [1.165, 1.54) is 6.07 Å². The number of halogens is 3. The Balaban J connectivity index is 2.61. The van der Waals surface area contributed by atoms with E-state index in [0.717, 1.165) is 12.1 Å². The van der Waals surface area contributed by atoms with Gasteiger partial charge in [-0.15, -0.1) is 0 Å². The minimum atomic E-state index is -4.70. The fourth-order valence-corrected chi connectivity index (χ4v) is 2.53. The van der Waals surface area contributed by atoms with E-state index in [4.69, 9.17) is 10.00 Å². The number of aryl methyl sites for hydroxylation is 1. The number of nitriles is 1. The Hall–Kier alpha value is -3.45. The van der Waals surface area contributed by atoms with E-state index in [1.54, 1.807) is 19.1 Å². The Labute approximate surface area is 160 Å². The smallest absolute Gasteiger partial charge is 0.417 e. The summed E-state index contributed by atoms with van der Waals surface area (Å²) in [4.78, 5) is 12.2. The van der Waals surface area contributed by atoms with Gasteiger partial charge >= 0.3 is 12.1 Å². The Bertz CT molecular complexity index is 979. The summed E-state index contributed by atoms with van der Waals surface area (Å²) < 4.78 is 44.6. The van der Waals surface area contributed by atoms with Crippen molar-refractivity contribution in [3.63, 3.8) is 0 Å². The molecule has 0 saturated heterocycles. The van der Waals surface area contributed by atoms with Crippen LogP contribution in [0.1, 0.15) is 46.0 Å². The average molecular weight is 387 g/mol. The molecule has 0 aromatic heterocycles. The maximum absolute atomic E-state index is 13.2. The number of benzene rings is 2. The molecule has 0 aliphatic rings. The first-order chi connectivity index (χ1) is 13.3. The van der Waals surface area contributed by atoms with Gasteiger partial charge in [-0.2, -0.15) is 18.4 Å². The molecule has 7 heteroatoms. The molecule has 144 valence electrons. The van der Waals surface area contributed by atoms with Crippen LogP contribution in [0.3, 0.4) is 0 Å². The number of phenols is 1. The third-order valence-electron chi connectivity index (χ3n) is 3.78. The van der Waals surface area contributed by atoms with Crippen molar-refractivity contribution < 1.29 is 27.8 Å². The van der Waals surface area contributed by atoms with Crippen LogP contribution in [0, 0.1) is 23.2 Å². The molecule has 0 heterocycles. The Morgan fingerprint density at radius 1 is 1.21 bits per heavy atom. The maximum Gasteiger partial charge on any atom is 0.417 e. The number of hydrogen-bond acceptors (Lipinski definition) is 4. The standard InChI is InChI=1S/C21H16F3NO3/c1-2-28-20(27)18-7-3-5-14(6-4-12-25)17(18)11-9-15-8-10-16(26)13-19(15)21(22,23)24/h3,5,7-8,10,13,26H,2,4,6H2,1H3. The Kier molecular flexibility index (Phi) is 6.68. The highest BCUT2D eigenvalue weighted by Gasteiger charge is 2.33. The van der Waals surface area contributed by atoms with Gasteiger partial charge in [0.05, 0.1) is 23.8 Å². The molecule has 0 aliphatic heterocycles. The van der Waals surface area contributed by atoms with Crippen LogP contribution < -0.4 is 0 Å². The second-order valence-corrected chi connectivity index (χ2v) is 5.70. The van der Waals surface area contributed by atoms with E-state index in [9.17, 15) is 23.1 Å². The molecular formula is C21H16F3NO3. The van der Waals surface area contributed by atoms with Crippen molar-refractivity contribution in [1.82, 2.24) is 0 Å². The van der Waals surface area contributed by atoms with E-state index < -0.39 is 23.5 Å². The number of rotatable bonds is 4. The number of esters is 1. The highest BCUT2D eigenvalue weighted by atomic mass is 19.4. The topological polar surface area (TPSA) is 70.3 Å². The van der Waals surface area contributed by atoms with Crippen molar-refractivity contribution in [3.05, 3.63) is 64.2 Å². The van der Waals surface area contributed by atoms with Gasteiger partial charge in [-0.3, -0.25) is 0 Å². The van der Waals surface area contributed by atoms with E-state index in [1.807, 2.05) is 6.07 Å². The lowest BCUT2D eigenvalue weighted by atomic mass is 9.97. The second-order valence-electron chi connectivity index (χ2n) is 5.70. The minimum Gasteiger partial charge on any atom is -0.508 e. The van der Waals surface area contributed by atoms with Crippen molar-refractivity contribution in [2.24, 2.45) is 0 Å². The molecule has 0 fully saturated rings. The number of alkyl halides is 3. The summed E-state index contributed by atoms with van der Waals surface area (Å²) in [5.74, 6) is 3.91. The van der Waals surface area contributed by atoms with Gasteiger partial charge in [0.25, 0.3) is 0 Å². The van der Waals surface area contributed by atoms with Gasteiger partial charge in [-0.1, -0.05) is 24.0 Å². The Morgan fingerprint density at radius 2 is 1.96 bits per heavy atom. The summed E-state index contributed by atoms with van der Waals surface area (Å²) in [5, 5.41) is 18.2. The molecule has 1 N–H and O–H groups in total. The lowest BCUT2D eigenvalue weighted by Crippen LogP contribution is -2.09. The summed E-state index contributed by atoms with van der Waals surface area (Å²) in [5.41, 5.74) is -0.510. The molecule has 4 nitrogen and oxygen atoms in total. The molecule has 2 aromatic rings. The van der Waals surface area contributed by atoms with E-state index in [-0.39, 0.29) is 36.1 Å². The van der Waals surface area contributed by atoms with Crippen LogP contribution in [0.4, 0.5) is 13.2 Å². The fraction of sp³-hybridized carbons (Fsp3) is 0.238. The SMILES string of the molecule is CCOC(=O)c1cccc(CCC#N)c1C#Cc1ccc(O)cc1C(F)(F)F. The first-order valence-electron chi connectivity index (χ1n) is 8.36. The molecule has 0 amide bonds. The molecule has 0 unspecified atom stereocenters. The normalized spacial score (nSPS) is 10.5. The molecule has 0 radical (unpaired) electrons. The third-order valence-corrected chi connectivity index (χ3v) is 3.78. The van der Waals surface area contributed by atoms with Crippen LogP contribution in [-0.4, -0.2) is 17.7 Å². The monoisotopic (exact) mass is 387 g/mol. The van der Waals surface area contributed by atoms with E-state index in [0.29, 0.717) is 11.6 Å². The van der Waals surface area contributed by atoms with Crippen LogP contribution in [0.15, 0.2) is 36.4 Å². The molecule has 0 atom stereocenters. The molecule has 2 rings (SSSR count). The highest BCUT2D eigenvalue weighted by Crippen LogP contribution is 2.34. The highest BCUT2D eigenvalue weighted by molar-refractivity contribution is 5.93. The van der Waals surface area contributed by atoms with Crippen molar-refractivity contribution in [1.29, 1.82) is 5.26 Å². The van der Waals surface area contributed by atoms with Crippen molar-refractivity contribution in [3.8, 4) is 23.7 Å². The average Bonchev–Trinajstić information content (AvgIpc) is 2.65. The molecule has 28 heavy (non-hydrogen) atoms. The predicted molar refractivity (Wildman–Crippen MR) is 95.4 cm³/mol.